The average Bonchev–Trinajstić information content (AvgIpc) is 2.46. The largest absolute Gasteiger partial charge is 0.273 e. The number of benzene rings is 1. The minimum Gasteiger partial charge on any atom is -0.273 e. The third-order valence-electron chi connectivity index (χ3n) is 3.06. The second kappa shape index (κ2) is 6.38. The van der Waals surface area contributed by atoms with Crippen LogP contribution in [0.5, 0.6) is 0 Å². The molecule has 2 N–H and O–H groups in total. The van der Waals surface area contributed by atoms with Crippen molar-refractivity contribution < 1.29 is 9.59 Å². The molecule has 100 valence electrons. The van der Waals surface area contributed by atoms with Crippen LogP contribution in [0.3, 0.4) is 0 Å². The van der Waals surface area contributed by atoms with Gasteiger partial charge >= 0.3 is 0 Å². The molecule has 2 amide bonds. The van der Waals surface area contributed by atoms with Crippen LogP contribution < -0.4 is 10.9 Å². The van der Waals surface area contributed by atoms with Crippen molar-refractivity contribution in [1.82, 2.24) is 10.9 Å². The first-order valence-corrected chi connectivity index (χ1v) is 6.56. The molecule has 0 saturated heterocycles. The summed E-state index contributed by atoms with van der Waals surface area (Å²) in [4.78, 5) is 23.7. The molecule has 1 aromatic carbocycles. The van der Waals surface area contributed by atoms with Crippen molar-refractivity contribution in [3.8, 4) is 0 Å². The maximum Gasteiger partial charge on any atom is 0.271 e. The minimum atomic E-state index is -0.412. The number of hydrogen-bond donors (Lipinski definition) is 2. The van der Waals surface area contributed by atoms with Gasteiger partial charge in [0.15, 0.2) is 0 Å². The van der Waals surface area contributed by atoms with Crippen molar-refractivity contribution in [1.29, 1.82) is 0 Å². The zero-order chi connectivity index (χ0) is 13.7. The van der Waals surface area contributed by atoms with Crippen LogP contribution in [0.4, 0.5) is 0 Å². The first-order valence-electron chi connectivity index (χ1n) is 6.18. The highest BCUT2D eigenvalue weighted by atomic mass is 35.5. The quantitative estimate of drug-likeness (QED) is 0.645. The van der Waals surface area contributed by atoms with Crippen LogP contribution in [0.2, 0.25) is 5.02 Å². The van der Waals surface area contributed by atoms with E-state index in [2.05, 4.69) is 16.9 Å². The van der Waals surface area contributed by atoms with Crippen LogP contribution in [0.1, 0.15) is 29.6 Å². The minimum absolute atomic E-state index is 0.0726. The molecule has 0 heterocycles. The molecule has 19 heavy (non-hydrogen) atoms. The molecule has 2 rings (SSSR count). The lowest BCUT2D eigenvalue weighted by Gasteiger charge is -2.17. The molecule has 0 saturated carbocycles. The predicted molar refractivity (Wildman–Crippen MR) is 73.5 cm³/mol. The maximum absolute atomic E-state index is 11.8. The number of nitrogens with one attached hydrogen (secondary N) is 2. The monoisotopic (exact) mass is 278 g/mol. The second-order valence-electron chi connectivity index (χ2n) is 4.40. The standard InChI is InChI=1S/C14H15ClN2O2/c15-12-9-5-4-8-11(12)14(19)17-16-13(18)10-6-2-1-3-7-10/h1-2,4-5,8-10H,3,6-7H2,(H,16,18)(H,17,19)/t10-/m0/s1. The summed E-state index contributed by atoms with van der Waals surface area (Å²) in [5, 5.41) is 0.356. The summed E-state index contributed by atoms with van der Waals surface area (Å²) < 4.78 is 0. The van der Waals surface area contributed by atoms with E-state index < -0.39 is 5.91 Å². The maximum atomic E-state index is 11.8. The zero-order valence-electron chi connectivity index (χ0n) is 10.4. The highest BCUT2D eigenvalue weighted by Gasteiger charge is 2.19. The molecule has 0 aliphatic heterocycles. The molecule has 4 nitrogen and oxygen atoms in total. The third kappa shape index (κ3) is 3.58. The molecule has 0 fully saturated rings. The number of carbonyl (C=O) groups excluding carboxylic acids is 2. The zero-order valence-corrected chi connectivity index (χ0v) is 11.1. The van der Waals surface area contributed by atoms with E-state index in [1.807, 2.05) is 6.08 Å². The Morgan fingerprint density at radius 1 is 1.16 bits per heavy atom. The van der Waals surface area contributed by atoms with Crippen LogP contribution in [0.15, 0.2) is 36.4 Å². The van der Waals surface area contributed by atoms with Crippen LogP contribution in [0, 0.1) is 5.92 Å². The third-order valence-corrected chi connectivity index (χ3v) is 3.39. The van der Waals surface area contributed by atoms with Gasteiger partial charge in [-0.2, -0.15) is 0 Å². The van der Waals surface area contributed by atoms with Crippen molar-refractivity contribution >= 4 is 23.4 Å². The fraction of sp³-hybridized carbons (Fsp3) is 0.286. The Labute approximate surface area is 116 Å². The Bertz CT molecular complexity index is 514. The molecule has 0 spiro atoms. The lowest BCUT2D eigenvalue weighted by molar-refractivity contribution is -0.126. The van der Waals surface area contributed by atoms with Gasteiger partial charge in [0.2, 0.25) is 5.91 Å². The Morgan fingerprint density at radius 2 is 1.95 bits per heavy atom. The number of rotatable bonds is 2. The van der Waals surface area contributed by atoms with Crippen LogP contribution in [-0.2, 0) is 4.79 Å². The van der Waals surface area contributed by atoms with Gasteiger partial charge < -0.3 is 0 Å². The fourth-order valence-corrected chi connectivity index (χ4v) is 2.19. The van der Waals surface area contributed by atoms with Crippen LogP contribution in [0.25, 0.3) is 0 Å². The Hall–Kier alpha value is -1.81. The summed E-state index contributed by atoms with van der Waals surface area (Å²) in [7, 11) is 0. The van der Waals surface area contributed by atoms with E-state index in [-0.39, 0.29) is 11.8 Å². The number of halogens is 1. The molecular weight excluding hydrogens is 264 g/mol. The molecule has 0 unspecified atom stereocenters. The summed E-state index contributed by atoms with van der Waals surface area (Å²) in [5.41, 5.74) is 5.18. The highest BCUT2D eigenvalue weighted by molar-refractivity contribution is 6.33. The number of hydrogen-bond acceptors (Lipinski definition) is 2. The molecule has 1 aliphatic carbocycles. The summed E-state index contributed by atoms with van der Waals surface area (Å²) >= 11 is 5.90. The van der Waals surface area contributed by atoms with E-state index >= 15 is 0 Å². The van der Waals surface area contributed by atoms with Crippen molar-refractivity contribution in [2.45, 2.75) is 19.3 Å². The smallest absolute Gasteiger partial charge is 0.271 e. The molecule has 5 heteroatoms. The molecule has 1 atom stereocenters. The topological polar surface area (TPSA) is 58.2 Å². The normalized spacial score (nSPS) is 17.8. The highest BCUT2D eigenvalue weighted by Crippen LogP contribution is 2.18. The van der Waals surface area contributed by atoms with Crippen LogP contribution in [-0.4, -0.2) is 11.8 Å². The average molecular weight is 279 g/mol. The Morgan fingerprint density at radius 3 is 2.63 bits per heavy atom. The summed E-state index contributed by atoms with van der Waals surface area (Å²) in [6.07, 6.45) is 6.48. The lowest BCUT2D eigenvalue weighted by Crippen LogP contribution is -2.44. The number of hydrazine groups is 1. The van der Waals surface area contributed by atoms with Gasteiger partial charge in [0.25, 0.3) is 5.91 Å². The van der Waals surface area contributed by atoms with Crippen molar-refractivity contribution in [2.75, 3.05) is 0 Å². The van der Waals surface area contributed by atoms with Crippen molar-refractivity contribution in [2.24, 2.45) is 5.92 Å². The van der Waals surface area contributed by atoms with Crippen molar-refractivity contribution in [3.63, 3.8) is 0 Å². The van der Waals surface area contributed by atoms with Gasteiger partial charge in [0.05, 0.1) is 10.6 Å². The van der Waals surface area contributed by atoms with Crippen molar-refractivity contribution in [3.05, 3.63) is 47.0 Å². The number of allylic oxidation sites excluding steroid dienone is 2. The first kappa shape index (κ1) is 13.6. The molecular formula is C14H15ClN2O2. The van der Waals surface area contributed by atoms with E-state index in [0.29, 0.717) is 17.0 Å². The Balaban J connectivity index is 1.88. The molecule has 0 radical (unpaired) electrons. The van der Waals surface area contributed by atoms with Gasteiger partial charge in [-0.05, 0) is 31.4 Å². The number of carbonyl (C=O) groups is 2. The molecule has 0 bridgehead atoms. The van der Waals surface area contributed by atoms with Gasteiger partial charge in [-0.25, -0.2) is 0 Å². The van der Waals surface area contributed by atoms with Gasteiger partial charge in [0, 0.05) is 5.92 Å². The van der Waals surface area contributed by atoms with E-state index in [0.717, 1.165) is 12.8 Å². The van der Waals surface area contributed by atoms with Crippen LogP contribution >= 0.6 is 11.6 Å². The number of amides is 2. The van der Waals surface area contributed by atoms with E-state index in [9.17, 15) is 9.59 Å². The molecule has 1 aliphatic rings. The van der Waals surface area contributed by atoms with E-state index in [1.54, 1.807) is 24.3 Å². The second-order valence-corrected chi connectivity index (χ2v) is 4.81. The fourth-order valence-electron chi connectivity index (χ4n) is 1.96. The SMILES string of the molecule is O=C(NNC(=O)[C@H]1CC=CCC1)c1ccccc1Cl. The predicted octanol–water partition coefficient (Wildman–Crippen LogP) is 2.46. The summed E-state index contributed by atoms with van der Waals surface area (Å²) in [6, 6.07) is 6.69. The Kier molecular flexibility index (Phi) is 4.58. The van der Waals surface area contributed by atoms with Gasteiger partial charge in [-0.15, -0.1) is 0 Å². The summed E-state index contributed by atoms with van der Waals surface area (Å²) in [5.74, 6) is -0.647. The van der Waals surface area contributed by atoms with E-state index in [1.165, 1.54) is 0 Å². The van der Waals surface area contributed by atoms with Gasteiger partial charge in [-0.3, -0.25) is 20.4 Å². The first-order chi connectivity index (χ1) is 9.18. The lowest BCUT2D eigenvalue weighted by atomic mass is 9.94. The summed E-state index contributed by atoms with van der Waals surface area (Å²) in [6.45, 7) is 0. The molecule has 0 aromatic heterocycles. The van der Waals surface area contributed by atoms with Gasteiger partial charge in [-0.1, -0.05) is 35.9 Å². The van der Waals surface area contributed by atoms with Gasteiger partial charge in [0.1, 0.15) is 0 Å². The van der Waals surface area contributed by atoms with E-state index in [4.69, 9.17) is 11.6 Å². The molecule has 1 aromatic rings.